The van der Waals surface area contributed by atoms with Crippen LogP contribution < -0.4 is 5.32 Å². The Morgan fingerprint density at radius 1 is 1.46 bits per heavy atom. The molecule has 13 heavy (non-hydrogen) atoms. The van der Waals surface area contributed by atoms with E-state index in [1.165, 1.54) is 6.39 Å². The predicted octanol–water partition coefficient (Wildman–Crippen LogP) is 1.07. The maximum atomic E-state index is 11.3. The average molecular weight is 174 g/mol. The van der Waals surface area contributed by atoms with Gasteiger partial charge in [0.15, 0.2) is 12.0 Å². The molecular weight excluding hydrogens is 168 g/mol. The number of nitrogens with zero attached hydrogens (tertiary/aromatic N) is 1. The van der Waals surface area contributed by atoms with Crippen molar-refractivity contribution >= 4 is 17.0 Å². The Bertz CT molecular complexity index is 501. The third kappa shape index (κ3) is 0.744. The van der Waals surface area contributed by atoms with Crippen LogP contribution in [0.2, 0.25) is 0 Å². The zero-order chi connectivity index (χ0) is 8.84. The topological polar surface area (TPSA) is 55.1 Å². The fraction of sp³-hybridized carbons (Fsp3) is 0.111. The fourth-order valence-electron chi connectivity index (χ4n) is 1.64. The smallest absolute Gasteiger partial charge is 0.252 e. The molecule has 4 heteroatoms. The molecule has 1 aromatic carbocycles. The molecule has 3 rings (SSSR count). The third-order valence-electron chi connectivity index (χ3n) is 2.27. The number of hydrogen-bond acceptors (Lipinski definition) is 3. The van der Waals surface area contributed by atoms with Gasteiger partial charge >= 0.3 is 0 Å². The lowest BCUT2D eigenvalue weighted by Gasteiger charge is -1.93. The van der Waals surface area contributed by atoms with E-state index in [1.807, 2.05) is 0 Å². The first-order valence-corrected chi connectivity index (χ1v) is 3.99. The highest BCUT2D eigenvalue weighted by Gasteiger charge is 2.22. The van der Waals surface area contributed by atoms with E-state index in [0.717, 1.165) is 16.7 Å². The Morgan fingerprint density at radius 3 is 3.31 bits per heavy atom. The molecule has 0 saturated carbocycles. The van der Waals surface area contributed by atoms with E-state index in [4.69, 9.17) is 4.42 Å². The van der Waals surface area contributed by atoms with Gasteiger partial charge in [-0.25, -0.2) is 4.98 Å². The summed E-state index contributed by atoms with van der Waals surface area (Å²) < 4.78 is 5.21. The molecule has 1 N–H and O–H groups in total. The molecule has 2 aromatic rings. The molecule has 4 nitrogen and oxygen atoms in total. The van der Waals surface area contributed by atoms with E-state index in [2.05, 4.69) is 10.3 Å². The molecule has 1 aliphatic heterocycles. The SMILES string of the molecule is O=C1NCc2c1ccc1ncoc21. The highest BCUT2D eigenvalue weighted by molar-refractivity contribution is 6.02. The summed E-state index contributed by atoms with van der Waals surface area (Å²) in [6.45, 7) is 0.542. The maximum absolute atomic E-state index is 11.3. The minimum absolute atomic E-state index is 0.0340. The van der Waals surface area contributed by atoms with Crippen molar-refractivity contribution in [3.8, 4) is 0 Å². The molecule has 0 spiro atoms. The Balaban J connectivity index is 2.45. The second-order valence-electron chi connectivity index (χ2n) is 2.97. The number of rotatable bonds is 0. The van der Waals surface area contributed by atoms with Crippen LogP contribution in [0.1, 0.15) is 15.9 Å². The van der Waals surface area contributed by atoms with Crippen LogP contribution in [0, 0.1) is 0 Å². The number of oxazole rings is 1. The lowest BCUT2D eigenvalue weighted by molar-refractivity contribution is 0.0966. The zero-order valence-corrected chi connectivity index (χ0v) is 6.70. The molecule has 0 saturated heterocycles. The number of amides is 1. The van der Waals surface area contributed by atoms with Crippen LogP contribution in [-0.2, 0) is 6.54 Å². The first kappa shape index (κ1) is 6.65. The summed E-state index contributed by atoms with van der Waals surface area (Å²) in [6.07, 6.45) is 1.40. The first-order chi connectivity index (χ1) is 6.36. The normalized spacial score (nSPS) is 14.6. The predicted molar refractivity (Wildman–Crippen MR) is 45.2 cm³/mol. The Labute approximate surface area is 73.6 Å². The van der Waals surface area contributed by atoms with Crippen LogP contribution in [0.15, 0.2) is 22.9 Å². The molecule has 0 unspecified atom stereocenters. The van der Waals surface area contributed by atoms with Crippen molar-refractivity contribution < 1.29 is 9.21 Å². The van der Waals surface area contributed by atoms with Gasteiger partial charge in [-0.3, -0.25) is 4.79 Å². The molecule has 2 heterocycles. The summed E-state index contributed by atoms with van der Waals surface area (Å²) in [5.74, 6) is -0.0340. The quantitative estimate of drug-likeness (QED) is 0.650. The third-order valence-corrected chi connectivity index (χ3v) is 2.27. The highest BCUT2D eigenvalue weighted by Crippen LogP contribution is 2.24. The summed E-state index contributed by atoms with van der Waals surface area (Å²) in [5, 5.41) is 2.74. The Morgan fingerprint density at radius 2 is 2.38 bits per heavy atom. The van der Waals surface area contributed by atoms with Gasteiger partial charge in [-0.1, -0.05) is 0 Å². The molecule has 1 amide bonds. The molecule has 0 bridgehead atoms. The summed E-state index contributed by atoms with van der Waals surface area (Å²) in [7, 11) is 0. The van der Waals surface area contributed by atoms with E-state index in [9.17, 15) is 4.79 Å². The van der Waals surface area contributed by atoms with Gasteiger partial charge in [0.25, 0.3) is 5.91 Å². The zero-order valence-electron chi connectivity index (χ0n) is 6.70. The van der Waals surface area contributed by atoms with Crippen LogP contribution in [-0.4, -0.2) is 10.9 Å². The molecule has 0 atom stereocenters. The van der Waals surface area contributed by atoms with Crippen molar-refractivity contribution in [2.24, 2.45) is 0 Å². The molecule has 0 radical (unpaired) electrons. The van der Waals surface area contributed by atoms with Crippen molar-refractivity contribution in [3.05, 3.63) is 29.7 Å². The van der Waals surface area contributed by atoms with Gasteiger partial charge in [-0.05, 0) is 12.1 Å². The van der Waals surface area contributed by atoms with E-state index in [-0.39, 0.29) is 5.91 Å². The number of nitrogens with one attached hydrogen (secondary N) is 1. The van der Waals surface area contributed by atoms with Crippen LogP contribution in [0.3, 0.4) is 0 Å². The second kappa shape index (κ2) is 2.10. The van der Waals surface area contributed by atoms with E-state index in [0.29, 0.717) is 12.1 Å². The van der Waals surface area contributed by atoms with Gasteiger partial charge in [0.1, 0.15) is 5.52 Å². The lowest BCUT2D eigenvalue weighted by Crippen LogP contribution is -2.12. The van der Waals surface area contributed by atoms with Gasteiger partial charge in [0, 0.05) is 17.7 Å². The number of carbonyl (C=O) groups excluding carboxylic acids is 1. The minimum atomic E-state index is -0.0340. The van der Waals surface area contributed by atoms with Crippen molar-refractivity contribution in [1.29, 1.82) is 0 Å². The fourth-order valence-corrected chi connectivity index (χ4v) is 1.64. The van der Waals surface area contributed by atoms with E-state index < -0.39 is 0 Å². The average Bonchev–Trinajstić information content (AvgIpc) is 2.70. The van der Waals surface area contributed by atoms with E-state index in [1.54, 1.807) is 12.1 Å². The largest absolute Gasteiger partial charge is 0.443 e. The van der Waals surface area contributed by atoms with Crippen LogP contribution >= 0.6 is 0 Å². The van der Waals surface area contributed by atoms with Crippen molar-refractivity contribution in [3.63, 3.8) is 0 Å². The van der Waals surface area contributed by atoms with Crippen molar-refractivity contribution in [2.75, 3.05) is 0 Å². The summed E-state index contributed by atoms with van der Waals surface area (Å²) in [5.41, 5.74) is 3.13. The monoisotopic (exact) mass is 174 g/mol. The maximum Gasteiger partial charge on any atom is 0.252 e. The number of hydrogen-bond donors (Lipinski definition) is 1. The molecular formula is C9H6N2O2. The number of fused-ring (bicyclic) bond motifs is 3. The van der Waals surface area contributed by atoms with Crippen molar-refractivity contribution in [1.82, 2.24) is 10.3 Å². The van der Waals surface area contributed by atoms with Gasteiger partial charge in [0.2, 0.25) is 0 Å². The summed E-state index contributed by atoms with van der Waals surface area (Å²) in [6, 6.07) is 3.57. The van der Waals surface area contributed by atoms with Gasteiger partial charge in [-0.15, -0.1) is 0 Å². The highest BCUT2D eigenvalue weighted by atomic mass is 16.3. The van der Waals surface area contributed by atoms with Crippen LogP contribution in [0.4, 0.5) is 0 Å². The molecule has 1 aliphatic rings. The standard InChI is InChI=1S/C9H6N2O2/c12-9-5-1-2-7-8(13-4-11-7)6(5)3-10-9/h1-2,4H,3H2,(H,10,12). The number of aromatic nitrogens is 1. The number of benzene rings is 1. The summed E-state index contributed by atoms with van der Waals surface area (Å²) in [4.78, 5) is 15.3. The first-order valence-electron chi connectivity index (χ1n) is 3.99. The molecule has 0 aliphatic carbocycles. The van der Waals surface area contributed by atoms with Gasteiger partial charge < -0.3 is 9.73 Å². The lowest BCUT2D eigenvalue weighted by atomic mass is 10.1. The van der Waals surface area contributed by atoms with Crippen LogP contribution in [0.25, 0.3) is 11.1 Å². The van der Waals surface area contributed by atoms with Crippen LogP contribution in [0.5, 0.6) is 0 Å². The van der Waals surface area contributed by atoms with Gasteiger partial charge in [-0.2, -0.15) is 0 Å². The Hall–Kier alpha value is -1.84. The molecule has 64 valence electrons. The number of carbonyl (C=O) groups is 1. The summed E-state index contributed by atoms with van der Waals surface area (Å²) >= 11 is 0. The molecule has 1 aromatic heterocycles. The van der Waals surface area contributed by atoms with Gasteiger partial charge in [0.05, 0.1) is 0 Å². The van der Waals surface area contributed by atoms with Crippen molar-refractivity contribution in [2.45, 2.75) is 6.54 Å². The Kier molecular flexibility index (Phi) is 1.07. The van der Waals surface area contributed by atoms with E-state index >= 15 is 0 Å². The second-order valence-corrected chi connectivity index (χ2v) is 2.97. The molecule has 0 fully saturated rings. The minimum Gasteiger partial charge on any atom is -0.443 e.